The highest BCUT2D eigenvalue weighted by Gasteiger charge is 2.42. The van der Waals surface area contributed by atoms with Crippen molar-refractivity contribution in [3.05, 3.63) is 35.4 Å². The molecule has 0 saturated carbocycles. The molecule has 3 unspecified atom stereocenters. The van der Waals surface area contributed by atoms with Gasteiger partial charge >= 0.3 is 0 Å². The van der Waals surface area contributed by atoms with Gasteiger partial charge in [-0.25, -0.2) is 0 Å². The average Bonchev–Trinajstić information content (AvgIpc) is 2.76. The van der Waals surface area contributed by atoms with Crippen LogP contribution in [-0.2, 0) is 4.79 Å². The Morgan fingerprint density at radius 3 is 2.45 bits per heavy atom. The number of hydrogen-bond donors (Lipinski definition) is 1. The molecule has 0 spiro atoms. The minimum Gasteiger partial charge on any atom is -0.319 e. The van der Waals surface area contributed by atoms with Crippen LogP contribution in [0.3, 0.4) is 0 Å². The predicted molar refractivity (Wildman–Crippen MR) is 82.3 cm³/mol. The SMILES string of the molecule is CCC(C)N1C(=O)C(C(C)C)NC1c1ccccc1C. The molecule has 1 heterocycles. The van der Waals surface area contributed by atoms with Crippen LogP contribution < -0.4 is 5.32 Å². The first-order valence-corrected chi connectivity index (χ1v) is 7.61. The van der Waals surface area contributed by atoms with Crippen molar-refractivity contribution in [2.75, 3.05) is 0 Å². The Morgan fingerprint density at radius 2 is 1.90 bits per heavy atom. The van der Waals surface area contributed by atoms with Gasteiger partial charge in [-0.1, -0.05) is 45.0 Å². The molecule has 20 heavy (non-hydrogen) atoms. The number of carbonyl (C=O) groups is 1. The lowest BCUT2D eigenvalue weighted by atomic mass is 10.0. The molecule has 1 fully saturated rings. The molecule has 0 radical (unpaired) electrons. The third kappa shape index (κ3) is 2.59. The molecule has 1 N–H and O–H groups in total. The van der Waals surface area contributed by atoms with E-state index in [2.05, 4.69) is 52.1 Å². The number of aryl methyl sites for hydroxylation is 1. The van der Waals surface area contributed by atoms with Crippen molar-refractivity contribution in [1.29, 1.82) is 0 Å². The molecule has 3 heteroatoms. The second kappa shape index (κ2) is 5.96. The molecule has 1 aromatic carbocycles. The Kier molecular flexibility index (Phi) is 4.48. The lowest BCUT2D eigenvalue weighted by Crippen LogP contribution is -2.39. The summed E-state index contributed by atoms with van der Waals surface area (Å²) >= 11 is 0. The number of benzene rings is 1. The summed E-state index contributed by atoms with van der Waals surface area (Å²) in [7, 11) is 0. The van der Waals surface area contributed by atoms with Gasteiger partial charge < -0.3 is 4.90 Å². The summed E-state index contributed by atoms with van der Waals surface area (Å²) in [4.78, 5) is 14.7. The largest absolute Gasteiger partial charge is 0.319 e. The summed E-state index contributed by atoms with van der Waals surface area (Å²) < 4.78 is 0. The first kappa shape index (κ1) is 15.0. The number of nitrogens with one attached hydrogen (secondary N) is 1. The highest BCUT2D eigenvalue weighted by Crippen LogP contribution is 2.32. The lowest BCUT2D eigenvalue weighted by Gasteiger charge is -2.30. The summed E-state index contributed by atoms with van der Waals surface area (Å²) in [6.07, 6.45) is 0.978. The Hall–Kier alpha value is -1.35. The Bertz CT molecular complexity index is 484. The van der Waals surface area contributed by atoms with Crippen LogP contribution in [0.25, 0.3) is 0 Å². The van der Waals surface area contributed by atoms with Gasteiger partial charge in [0.25, 0.3) is 0 Å². The van der Waals surface area contributed by atoms with E-state index in [1.54, 1.807) is 0 Å². The highest BCUT2D eigenvalue weighted by atomic mass is 16.2. The Balaban J connectivity index is 2.39. The number of carbonyl (C=O) groups excluding carboxylic acids is 1. The van der Waals surface area contributed by atoms with Crippen LogP contribution in [0.5, 0.6) is 0 Å². The van der Waals surface area contributed by atoms with Crippen molar-refractivity contribution in [1.82, 2.24) is 10.2 Å². The van der Waals surface area contributed by atoms with Gasteiger partial charge in [0.15, 0.2) is 0 Å². The van der Waals surface area contributed by atoms with Crippen molar-refractivity contribution in [3.8, 4) is 0 Å². The van der Waals surface area contributed by atoms with Gasteiger partial charge in [-0.2, -0.15) is 0 Å². The van der Waals surface area contributed by atoms with Gasteiger partial charge in [0.1, 0.15) is 6.17 Å². The summed E-state index contributed by atoms with van der Waals surface area (Å²) in [6, 6.07) is 8.50. The van der Waals surface area contributed by atoms with E-state index in [1.807, 2.05) is 17.0 Å². The first-order chi connectivity index (χ1) is 9.47. The number of amides is 1. The van der Waals surface area contributed by atoms with Crippen LogP contribution in [0, 0.1) is 12.8 Å². The van der Waals surface area contributed by atoms with E-state index in [-0.39, 0.29) is 24.2 Å². The lowest BCUT2D eigenvalue weighted by molar-refractivity contribution is -0.132. The van der Waals surface area contributed by atoms with E-state index in [1.165, 1.54) is 11.1 Å². The molecule has 1 saturated heterocycles. The molecular weight excluding hydrogens is 248 g/mol. The molecule has 0 bridgehead atoms. The normalized spacial score (nSPS) is 24.5. The molecule has 2 rings (SSSR count). The fourth-order valence-electron chi connectivity index (χ4n) is 2.89. The second-order valence-corrected chi connectivity index (χ2v) is 6.15. The first-order valence-electron chi connectivity index (χ1n) is 7.61. The Morgan fingerprint density at radius 1 is 1.25 bits per heavy atom. The van der Waals surface area contributed by atoms with Crippen molar-refractivity contribution in [2.45, 2.75) is 59.3 Å². The predicted octanol–water partition coefficient (Wildman–Crippen LogP) is 3.25. The van der Waals surface area contributed by atoms with Gasteiger partial charge in [-0.3, -0.25) is 10.1 Å². The molecular formula is C17H26N2O. The van der Waals surface area contributed by atoms with Crippen LogP contribution >= 0.6 is 0 Å². The molecule has 3 atom stereocenters. The Labute approximate surface area is 122 Å². The topological polar surface area (TPSA) is 32.3 Å². The van der Waals surface area contributed by atoms with Gasteiger partial charge in [0, 0.05) is 6.04 Å². The van der Waals surface area contributed by atoms with E-state index in [0.29, 0.717) is 5.92 Å². The number of rotatable bonds is 4. The minimum atomic E-state index is -0.0754. The van der Waals surface area contributed by atoms with Crippen molar-refractivity contribution < 1.29 is 4.79 Å². The zero-order chi connectivity index (χ0) is 14.9. The fraction of sp³-hybridized carbons (Fsp3) is 0.588. The van der Waals surface area contributed by atoms with Crippen molar-refractivity contribution in [3.63, 3.8) is 0 Å². The van der Waals surface area contributed by atoms with E-state index in [9.17, 15) is 4.79 Å². The maximum atomic E-state index is 12.7. The third-order valence-corrected chi connectivity index (χ3v) is 4.35. The van der Waals surface area contributed by atoms with Crippen LogP contribution in [0.4, 0.5) is 0 Å². The van der Waals surface area contributed by atoms with Gasteiger partial charge in [-0.15, -0.1) is 0 Å². The van der Waals surface area contributed by atoms with Crippen LogP contribution in [-0.4, -0.2) is 22.9 Å². The number of nitrogens with zero attached hydrogens (tertiary/aromatic N) is 1. The quantitative estimate of drug-likeness (QED) is 0.914. The monoisotopic (exact) mass is 274 g/mol. The van der Waals surface area contributed by atoms with Crippen LogP contribution in [0.1, 0.15) is 51.4 Å². The minimum absolute atomic E-state index is 0.00560. The van der Waals surface area contributed by atoms with E-state index >= 15 is 0 Å². The number of hydrogen-bond acceptors (Lipinski definition) is 2. The van der Waals surface area contributed by atoms with Crippen molar-refractivity contribution in [2.24, 2.45) is 5.92 Å². The van der Waals surface area contributed by atoms with Crippen LogP contribution in [0.2, 0.25) is 0 Å². The zero-order valence-corrected chi connectivity index (χ0v) is 13.2. The van der Waals surface area contributed by atoms with Gasteiger partial charge in [0.05, 0.1) is 6.04 Å². The van der Waals surface area contributed by atoms with E-state index in [0.717, 1.165) is 6.42 Å². The zero-order valence-electron chi connectivity index (χ0n) is 13.2. The molecule has 110 valence electrons. The van der Waals surface area contributed by atoms with Crippen LogP contribution in [0.15, 0.2) is 24.3 Å². The molecule has 1 amide bonds. The van der Waals surface area contributed by atoms with Gasteiger partial charge in [-0.05, 0) is 37.3 Å². The summed E-state index contributed by atoms with van der Waals surface area (Å²) in [5, 5.41) is 3.54. The molecule has 0 aromatic heterocycles. The maximum Gasteiger partial charge on any atom is 0.241 e. The van der Waals surface area contributed by atoms with Gasteiger partial charge in [0.2, 0.25) is 5.91 Å². The molecule has 1 aliphatic rings. The standard InChI is InChI=1S/C17H26N2O/c1-6-13(5)19-16(14-10-8-7-9-12(14)4)18-15(11(2)3)17(19)20/h7-11,13,15-16,18H,6H2,1-5H3. The average molecular weight is 274 g/mol. The molecule has 1 aliphatic heterocycles. The second-order valence-electron chi connectivity index (χ2n) is 6.15. The third-order valence-electron chi connectivity index (χ3n) is 4.35. The summed E-state index contributed by atoms with van der Waals surface area (Å²) in [5.74, 6) is 0.547. The summed E-state index contributed by atoms with van der Waals surface area (Å²) in [6.45, 7) is 10.6. The highest BCUT2D eigenvalue weighted by molar-refractivity contribution is 5.85. The molecule has 1 aromatic rings. The van der Waals surface area contributed by atoms with E-state index in [4.69, 9.17) is 0 Å². The fourth-order valence-corrected chi connectivity index (χ4v) is 2.89. The van der Waals surface area contributed by atoms with E-state index < -0.39 is 0 Å². The maximum absolute atomic E-state index is 12.7. The molecule has 3 nitrogen and oxygen atoms in total. The molecule has 0 aliphatic carbocycles. The van der Waals surface area contributed by atoms with Crippen molar-refractivity contribution >= 4 is 5.91 Å². The smallest absolute Gasteiger partial charge is 0.241 e. The summed E-state index contributed by atoms with van der Waals surface area (Å²) in [5.41, 5.74) is 2.44.